The van der Waals surface area contributed by atoms with Crippen LogP contribution in [0.3, 0.4) is 0 Å². The molecule has 3 rings (SSSR count). The summed E-state index contributed by atoms with van der Waals surface area (Å²) in [6, 6.07) is 3.87. The molecule has 2 aromatic rings. The van der Waals surface area contributed by atoms with Gasteiger partial charge in [-0.05, 0) is 30.5 Å². The third kappa shape index (κ3) is 2.34. The van der Waals surface area contributed by atoms with Gasteiger partial charge in [-0.25, -0.2) is 9.37 Å². The van der Waals surface area contributed by atoms with Gasteiger partial charge in [0.1, 0.15) is 6.26 Å². The molecule has 0 amide bonds. The molecule has 0 aliphatic heterocycles. The van der Waals surface area contributed by atoms with Crippen LogP contribution in [0.25, 0.3) is 0 Å². The number of hydrogen-bond donors (Lipinski definition) is 0. The normalized spacial score (nSPS) is 14.8. The van der Waals surface area contributed by atoms with E-state index >= 15 is 0 Å². The first kappa shape index (κ1) is 11.5. The van der Waals surface area contributed by atoms with E-state index < -0.39 is 5.82 Å². The third-order valence-corrected chi connectivity index (χ3v) is 3.31. The fraction of sp³-hybridized carbons (Fsp3) is 0.308. The van der Waals surface area contributed by atoms with Crippen molar-refractivity contribution in [3.05, 3.63) is 47.4 Å². The van der Waals surface area contributed by atoms with Gasteiger partial charge in [0.15, 0.2) is 11.0 Å². The van der Waals surface area contributed by atoms with E-state index in [-0.39, 0.29) is 5.15 Å². The van der Waals surface area contributed by atoms with Crippen molar-refractivity contribution in [2.75, 3.05) is 4.90 Å². The zero-order chi connectivity index (χ0) is 12.5. The van der Waals surface area contributed by atoms with Crippen molar-refractivity contribution >= 4 is 17.3 Å². The van der Waals surface area contributed by atoms with Gasteiger partial charge < -0.3 is 9.32 Å². The number of rotatable bonds is 4. The number of aromatic nitrogens is 1. The predicted octanol–water partition coefficient (Wildman–Crippen LogP) is 3.64. The second-order valence-corrected chi connectivity index (χ2v) is 4.81. The van der Waals surface area contributed by atoms with E-state index in [1.807, 2.05) is 6.07 Å². The van der Waals surface area contributed by atoms with Gasteiger partial charge in [-0.15, -0.1) is 0 Å². The van der Waals surface area contributed by atoms with Crippen LogP contribution in [0.1, 0.15) is 18.4 Å². The Balaban J connectivity index is 1.82. The Kier molecular flexibility index (Phi) is 2.96. The highest BCUT2D eigenvalue weighted by Gasteiger charge is 2.30. The molecule has 0 aromatic carbocycles. The Morgan fingerprint density at radius 1 is 1.50 bits per heavy atom. The van der Waals surface area contributed by atoms with Crippen LogP contribution in [-0.2, 0) is 6.54 Å². The molecule has 0 radical (unpaired) electrons. The maximum atomic E-state index is 13.4. The lowest BCUT2D eigenvalue weighted by Crippen LogP contribution is -2.24. The van der Waals surface area contributed by atoms with Gasteiger partial charge in [0.2, 0.25) is 0 Å². The van der Waals surface area contributed by atoms with Crippen molar-refractivity contribution in [3.8, 4) is 0 Å². The summed E-state index contributed by atoms with van der Waals surface area (Å²) in [6.07, 6.45) is 7.29. The molecule has 1 fully saturated rings. The van der Waals surface area contributed by atoms with Gasteiger partial charge in [-0.3, -0.25) is 0 Å². The molecule has 0 atom stereocenters. The van der Waals surface area contributed by atoms with Gasteiger partial charge in [0.05, 0.1) is 12.0 Å². The van der Waals surface area contributed by atoms with Crippen LogP contribution in [0.5, 0.6) is 0 Å². The second kappa shape index (κ2) is 4.61. The zero-order valence-electron chi connectivity index (χ0n) is 9.64. The van der Waals surface area contributed by atoms with Crippen molar-refractivity contribution in [1.82, 2.24) is 4.98 Å². The van der Waals surface area contributed by atoms with Crippen LogP contribution < -0.4 is 4.90 Å². The summed E-state index contributed by atoms with van der Waals surface area (Å²) in [5.41, 5.74) is 1.83. The largest absolute Gasteiger partial charge is 0.470 e. The minimum Gasteiger partial charge on any atom is -0.470 e. The highest BCUT2D eigenvalue weighted by molar-refractivity contribution is 6.29. The number of halogens is 2. The van der Waals surface area contributed by atoms with E-state index in [9.17, 15) is 4.39 Å². The summed E-state index contributed by atoms with van der Waals surface area (Å²) < 4.78 is 18.5. The Hall–Kier alpha value is -1.55. The highest BCUT2D eigenvalue weighted by Crippen LogP contribution is 2.33. The maximum absolute atomic E-state index is 13.4. The van der Waals surface area contributed by atoms with Gasteiger partial charge >= 0.3 is 0 Å². The van der Waals surface area contributed by atoms with E-state index in [1.54, 1.807) is 18.7 Å². The smallest absolute Gasteiger partial charge is 0.164 e. The molecule has 94 valence electrons. The van der Waals surface area contributed by atoms with Crippen molar-refractivity contribution < 1.29 is 8.81 Å². The van der Waals surface area contributed by atoms with Crippen LogP contribution in [0.15, 0.2) is 35.3 Å². The molecule has 1 aliphatic rings. The molecule has 0 unspecified atom stereocenters. The molecule has 0 bridgehead atoms. The van der Waals surface area contributed by atoms with Crippen LogP contribution in [-0.4, -0.2) is 11.0 Å². The SMILES string of the molecule is Fc1cc(CN(c2ccoc2)C2CC2)cnc1Cl. The summed E-state index contributed by atoms with van der Waals surface area (Å²) in [7, 11) is 0. The summed E-state index contributed by atoms with van der Waals surface area (Å²) in [5, 5.41) is -0.0833. The predicted molar refractivity (Wildman–Crippen MR) is 67.1 cm³/mol. The first-order chi connectivity index (χ1) is 8.74. The van der Waals surface area contributed by atoms with E-state index in [0.29, 0.717) is 12.6 Å². The van der Waals surface area contributed by atoms with E-state index in [4.69, 9.17) is 16.0 Å². The number of anilines is 1. The standard InChI is InChI=1S/C13H12ClFN2O/c14-13-12(15)5-9(6-16-13)7-17(10-1-2-10)11-3-4-18-8-11/h3-6,8,10H,1-2,7H2. The van der Waals surface area contributed by atoms with Crippen molar-refractivity contribution in [1.29, 1.82) is 0 Å². The molecule has 0 spiro atoms. The average molecular weight is 267 g/mol. The van der Waals surface area contributed by atoms with Gasteiger partial charge in [0.25, 0.3) is 0 Å². The summed E-state index contributed by atoms with van der Waals surface area (Å²) in [4.78, 5) is 6.04. The van der Waals surface area contributed by atoms with Crippen LogP contribution in [0, 0.1) is 5.82 Å². The van der Waals surface area contributed by atoms with Gasteiger partial charge in [-0.2, -0.15) is 0 Å². The van der Waals surface area contributed by atoms with Gasteiger partial charge in [-0.1, -0.05) is 11.6 Å². The Morgan fingerprint density at radius 2 is 2.33 bits per heavy atom. The topological polar surface area (TPSA) is 29.3 Å². The number of pyridine rings is 1. The molecule has 2 heterocycles. The lowest BCUT2D eigenvalue weighted by molar-refractivity contribution is 0.565. The van der Waals surface area contributed by atoms with Crippen molar-refractivity contribution in [2.24, 2.45) is 0 Å². The number of furan rings is 1. The molecule has 0 N–H and O–H groups in total. The number of hydrogen-bond acceptors (Lipinski definition) is 3. The molecule has 1 saturated carbocycles. The van der Waals surface area contributed by atoms with E-state index in [1.165, 1.54) is 6.07 Å². The number of nitrogens with zero attached hydrogens (tertiary/aromatic N) is 2. The monoisotopic (exact) mass is 266 g/mol. The maximum Gasteiger partial charge on any atom is 0.164 e. The molecular weight excluding hydrogens is 255 g/mol. The summed E-state index contributed by atoms with van der Waals surface area (Å²) in [6.45, 7) is 0.616. The minimum atomic E-state index is -0.475. The lowest BCUT2D eigenvalue weighted by Gasteiger charge is -2.22. The van der Waals surface area contributed by atoms with Crippen LogP contribution >= 0.6 is 11.6 Å². The second-order valence-electron chi connectivity index (χ2n) is 4.46. The quantitative estimate of drug-likeness (QED) is 0.792. The molecule has 5 heteroatoms. The van der Waals surface area contributed by atoms with E-state index in [0.717, 1.165) is 24.1 Å². The Bertz CT molecular complexity index is 540. The molecule has 0 saturated heterocycles. The lowest BCUT2D eigenvalue weighted by atomic mass is 10.2. The minimum absolute atomic E-state index is 0.0833. The highest BCUT2D eigenvalue weighted by atomic mass is 35.5. The summed E-state index contributed by atoms with van der Waals surface area (Å²) in [5.74, 6) is -0.475. The first-order valence-electron chi connectivity index (χ1n) is 5.83. The Labute approximate surface area is 109 Å². The summed E-state index contributed by atoms with van der Waals surface area (Å²) >= 11 is 5.58. The van der Waals surface area contributed by atoms with Crippen LogP contribution in [0.4, 0.5) is 10.1 Å². The molecular formula is C13H12ClFN2O. The average Bonchev–Trinajstić information content (AvgIpc) is 3.05. The van der Waals surface area contributed by atoms with Crippen LogP contribution in [0.2, 0.25) is 5.15 Å². The van der Waals surface area contributed by atoms with Gasteiger partial charge in [0, 0.05) is 18.8 Å². The van der Waals surface area contributed by atoms with Crippen molar-refractivity contribution in [2.45, 2.75) is 25.4 Å². The molecule has 2 aromatic heterocycles. The fourth-order valence-electron chi connectivity index (χ4n) is 1.98. The zero-order valence-corrected chi connectivity index (χ0v) is 10.4. The first-order valence-corrected chi connectivity index (χ1v) is 6.20. The van der Waals surface area contributed by atoms with Crippen molar-refractivity contribution in [3.63, 3.8) is 0 Å². The molecule has 18 heavy (non-hydrogen) atoms. The Morgan fingerprint density at radius 3 is 2.94 bits per heavy atom. The third-order valence-electron chi connectivity index (χ3n) is 3.03. The molecule has 3 nitrogen and oxygen atoms in total. The fourth-order valence-corrected chi connectivity index (χ4v) is 2.09. The van der Waals surface area contributed by atoms with E-state index in [2.05, 4.69) is 9.88 Å². The molecule has 1 aliphatic carbocycles.